The molecule has 27 heavy (non-hydrogen) atoms. The van der Waals surface area contributed by atoms with Gasteiger partial charge in [0.05, 0.1) is 5.69 Å². The number of halogens is 1. The molecule has 1 heterocycles. The lowest BCUT2D eigenvalue weighted by Gasteiger charge is -2.19. The summed E-state index contributed by atoms with van der Waals surface area (Å²) in [6.07, 6.45) is 1.34. The summed E-state index contributed by atoms with van der Waals surface area (Å²) in [7, 11) is 0. The third-order valence-electron chi connectivity index (χ3n) is 4.58. The normalized spacial score (nSPS) is 14.7. The molecule has 1 amide bonds. The van der Waals surface area contributed by atoms with E-state index in [-0.39, 0.29) is 11.6 Å². The Bertz CT molecular complexity index is 847. The van der Waals surface area contributed by atoms with E-state index in [2.05, 4.69) is 5.32 Å². The maximum absolute atomic E-state index is 14.4. The second kappa shape index (κ2) is 8.20. The highest BCUT2D eigenvalue weighted by Gasteiger charge is 2.19. The average molecular weight is 370 g/mol. The Morgan fingerprint density at radius 1 is 1.15 bits per heavy atom. The first-order chi connectivity index (χ1) is 12.9. The minimum absolute atomic E-state index is 0.0777. The summed E-state index contributed by atoms with van der Waals surface area (Å²) >= 11 is 0. The Labute approximate surface area is 158 Å². The highest BCUT2D eigenvalue weighted by molar-refractivity contribution is 5.95. The lowest BCUT2D eigenvalue weighted by Crippen LogP contribution is -2.30. The van der Waals surface area contributed by atoms with Crippen molar-refractivity contribution in [3.05, 3.63) is 53.8 Å². The monoisotopic (exact) mass is 370 g/mol. The van der Waals surface area contributed by atoms with Gasteiger partial charge in [0.2, 0.25) is 0 Å². The topological polar surface area (TPSA) is 58.6 Å². The van der Waals surface area contributed by atoms with Gasteiger partial charge in [0.15, 0.2) is 11.9 Å². The number of carbonyl (C=O) groups is 2. The molecule has 0 radical (unpaired) electrons. The Morgan fingerprint density at radius 2 is 1.89 bits per heavy atom. The van der Waals surface area contributed by atoms with E-state index >= 15 is 0 Å². The maximum Gasteiger partial charge on any atom is 0.265 e. The van der Waals surface area contributed by atoms with Crippen molar-refractivity contribution in [2.45, 2.75) is 32.8 Å². The fourth-order valence-electron chi connectivity index (χ4n) is 3.09. The molecule has 1 aliphatic heterocycles. The molecule has 1 fully saturated rings. The van der Waals surface area contributed by atoms with E-state index in [0.717, 1.165) is 25.9 Å². The molecular weight excluding hydrogens is 347 g/mol. The lowest BCUT2D eigenvalue weighted by atomic mass is 10.1. The van der Waals surface area contributed by atoms with Crippen molar-refractivity contribution in [1.82, 2.24) is 0 Å². The van der Waals surface area contributed by atoms with Crippen LogP contribution in [0.1, 0.15) is 37.0 Å². The Kier molecular flexibility index (Phi) is 5.74. The second-order valence-corrected chi connectivity index (χ2v) is 6.69. The van der Waals surface area contributed by atoms with Crippen LogP contribution in [0.25, 0.3) is 0 Å². The number of nitrogens with one attached hydrogen (secondary N) is 1. The van der Waals surface area contributed by atoms with Crippen LogP contribution < -0.4 is 15.0 Å². The first-order valence-electron chi connectivity index (χ1n) is 9.07. The van der Waals surface area contributed by atoms with Gasteiger partial charge in [0, 0.05) is 24.3 Å². The standard InChI is InChI=1S/C21H23FN2O3/c1-14(25)16-6-5-7-18(12-16)27-15(2)21(26)23-17-8-9-20(19(22)13-17)24-10-3-4-11-24/h5-9,12-13,15H,3-4,10-11H2,1-2H3,(H,23,26). The molecule has 2 aromatic rings. The number of hydrogen-bond acceptors (Lipinski definition) is 4. The van der Waals surface area contributed by atoms with E-state index in [1.54, 1.807) is 43.3 Å². The number of ether oxygens (including phenoxy) is 1. The van der Waals surface area contributed by atoms with Crippen molar-refractivity contribution in [3.8, 4) is 5.75 Å². The highest BCUT2D eigenvalue weighted by atomic mass is 19.1. The van der Waals surface area contributed by atoms with Crippen molar-refractivity contribution in [1.29, 1.82) is 0 Å². The van der Waals surface area contributed by atoms with Gasteiger partial charge in [-0.1, -0.05) is 12.1 Å². The van der Waals surface area contributed by atoms with E-state index in [1.807, 2.05) is 4.90 Å². The van der Waals surface area contributed by atoms with Crippen LogP contribution in [-0.2, 0) is 4.79 Å². The van der Waals surface area contributed by atoms with Crippen LogP contribution >= 0.6 is 0 Å². The molecule has 1 saturated heterocycles. The van der Waals surface area contributed by atoms with Gasteiger partial charge < -0.3 is 15.0 Å². The van der Waals surface area contributed by atoms with Crippen molar-refractivity contribution in [2.75, 3.05) is 23.3 Å². The van der Waals surface area contributed by atoms with E-state index in [9.17, 15) is 14.0 Å². The smallest absolute Gasteiger partial charge is 0.265 e. The highest BCUT2D eigenvalue weighted by Crippen LogP contribution is 2.26. The number of Topliss-reactive ketones (excluding diaryl/α,β-unsaturated/α-hetero) is 1. The molecule has 0 aromatic heterocycles. The largest absolute Gasteiger partial charge is 0.481 e. The molecule has 5 nitrogen and oxygen atoms in total. The molecular formula is C21H23FN2O3. The zero-order valence-electron chi connectivity index (χ0n) is 15.5. The predicted molar refractivity (Wildman–Crippen MR) is 103 cm³/mol. The molecule has 3 rings (SSSR count). The number of hydrogen-bond donors (Lipinski definition) is 1. The third kappa shape index (κ3) is 4.64. The molecule has 142 valence electrons. The Hall–Kier alpha value is -2.89. The number of benzene rings is 2. The van der Waals surface area contributed by atoms with Crippen LogP contribution in [0.3, 0.4) is 0 Å². The first-order valence-corrected chi connectivity index (χ1v) is 9.07. The van der Waals surface area contributed by atoms with E-state index in [1.165, 1.54) is 13.0 Å². The lowest BCUT2D eigenvalue weighted by molar-refractivity contribution is -0.122. The van der Waals surface area contributed by atoms with Gasteiger partial charge in [0.25, 0.3) is 5.91 Å². The van der Waals surface area contributed by atoms with Gasteiger partial charge in [0.1, 0.15) is 11.6 Å². The first kappa shape index (κ1) is 18.9. The SMILES string of the molecule is CC(=O)c1cccc(OC(C)C(=O)Nc2ccc(N3CCCC3)c(F)c2)c1. The van der Waals surface area contributed by atoms with Crippen molar-refractivity contribution >= 4 is 23.1 Å². The van der Waals surface area contributed by atoms with E-state index < -0.39 is 12.0 Å². The minimum Gasteiger partial charge on any atom is -0.481 e. The zero-order chi connectivity index (χ0) is 19.4. The van der Waals surface area contributed by atoms with Gasteiger partial charge in [-0.2, -0.15) is 0 Å². The third-order valence-corrected chi connectivity index (χ3v) is 4.58. The summed E-state index contributed by atoms with van der Waals surface area (Å²) in [6.45, 7) is 4.78. The molecule has 1 unspecified atom stereocenters. The van der Waals surface area contributed by atoms with Crippen LogP contribution in [0, 0.1) is 5.82 Å². The molecule has 0 spiro atoms. The second-order valence-electron chi connectivity index (χ2n) is 6.69. The number of carbonyl (C=O) groups excluding carboxylic acids is 2. The fraction of sp³-hybridized carbons (Fsp3) is 0.333. The van der Waals surface area contributed by atoms with Gasteiger partial charge >= 0.3 is 0 Å². The minimum atomic E-state index is -0.798. The van der Waals surface area contributed by atoms with Crippen LogP contribution in [0.2, 0.25) is 0 Å². The summed E-state index contributed by atoms with van der Waals surface area (Å²) < 4.78 is 20.0. The van der Waals surface area contributed by atoms with E-state index in [0.29, 0.717) is 22.7 Å². The van der Waals surface area contributed by atoms with Crippen molar-refractivity contribution in [3.63, 3.8) is 0 Å². The molecule has 2 aromatic carbocycles. The summed E-state index contributed by atoms with van der Waals surface area (Å²) in [5.41, 5.74) is 1.46. The average Bonchev–Trinajstić information content (AvgIpc) is 3.16. The fourth-order valence-corrected chi connectivity index (χ4v) is 3.09. The van der Waals surface area contributed by atoms with E-state index in [4.69, 9.17) is 4.74 Å². The number of anilines is 2. The molecule has 0 bridgehead atoms. The van der Waals surface area contributed by atoms with Gasteiger partial charge in [-0.3, -0.25) is 9.59 Å². The van der Waals surface area contributed by atoms with Crippen molar-refractivity contribution < 1.29 is 18.7 Å². The molecule has 0 saturated carbocycles. The summed E-state index contributed by atoms with van der Waals surface area (Å²) in [6, 6.07) is 11.4. The molecule has 1 N–H and O–H groups in total. The van der Waals surface area contributed by atoms with Crippen LogP contribution in [0.5, 0.6) is 5.75 Å². The number of rotatable bonds is 6. The van der Waals surface area contributed by atoms with Crippen LogP contribution in [-0.4, -0.2) is 30.9 Å². The Balaban J connectivity index is 1.63. The van der Waals surface area contributed by atoms with Gasteiger partial charge in [-0.15, -0.1) is 0 Å². The summed E-state index contributed by atoms with van der Waals surface area (Å²) in [5.74, 6) is -0.388. The summed E-state index contributed by atoms with van der Waals surface area (Å²) in [4.78, 5) is 25.8. The number of nitrogens with zero attached hydrogens (tertiary/aromatic N) is 1. The molecule has 1 atom stereocenters. The number of ketones is 1. The molecule has 6 heteroatoms. The van der Waals surface area contributed by atoms with Gasteiger partial charge in [-0.05, 0) is 57.0 Å². The van der Waals surface area contributed by atoms with Gasteiger partial charge in [-0.25, -0.2) is 4.39 Å². The number of amides is 1. The quantitative estimate of drug-likeness (QED) is 0.780. The van der Waals surface area contributed by atoms with Crippen LogP contribution in [0.4, 0.5) is 15.8 Å². The molecule has 1 aliphatic rings. The zero-order valence-corrected chi connectivity index (χ0v) is 15.5. The molecule has 0 aliphatic carbocycles. The maximum atomic E-state index is 14.4. The van der Waals surface area contributed by atoms with Crippen molar-refractivity contribution in [2.24, 2.45) is 0 Å². The van der Waals surface area contributed by atoms with Crippen LogP contribution in [0.15, 0.2) is 42.5 Å². The summed E-state index contributed by atoms with van der Waals surface area (Å²) in [5, 5.41) is 2.67. The Morgan fingerprint density at radius 3 is 2.56 bits per heavy atom. The predicted octanol–water partition coefficient (Wildman–Crippen LogP) is 4.03.